The second kappa shape index (κ2) is 6.70. The molecule has 1 atom stereocenters. The molecule has 0 aliphatic heterocycles. The summed E-state index contributed by atoms with van der Waals surface area (Å²) in [4.78, 5) is 0. The van der Waals surface area contributed by atoms with Gasteiger partial charge in [-0.05, 0) is 49.7 Å². The molecule has 2 aromatic rings. The Labute approximate surface area is 132 Å². The summed E-state index contributed by atoms with van der Waals surface area (Å²) in [6.07, 6.45) is 0.517. The van der Waals surface area contributed by atoms with E-state index in [2.05, 4.69) is 27.3 Å². The van der Waals surface area contributed by atoms with E-state index in [1.807, 2.05) is 26.1 Å². The van der Waals surface area contributed by atoms with Crippen LogP contribution >= 0.6 is 27.5 Å². The fourth-order valence-corrected chi connectivity index (χ4v) is 2.69. The van der Waals surface area contributed by atoms with Crippen molar-refractivity contribution in [2.45, 2.75) is 19.4 Å². The number of aryl methyl sites for hydroxylation is 1. The van der Waals surface area contributed by atoms with E-state index >= 15 is 0 Å². The minimum absolute atomic E-state index is 0.0243. The molecule has 0 saturated heterocycles. The van der Waals surface area contributed by atoms with Gasteiger partial charge in [-0.3, -0.25) is 0 Å². The van der Waals surface area contributed by atoms with Crippen molar-refractivity contribution in [2.75, 3.05) is 7.05 Å². The molecule has 1 N–H and O–H groups in total. The topological polar surface area (TPSA) is 12.0 Å². The van der Waals surface area contributed by atoms with Crippen LogP contribution in [0, 0.1) is 12.7 Å². The Bertz CT molecular complexity index is 595. The fourth-order valence-electron chi connectivity index (χ4n) is 2.20. The number of hydrogen-bond donors (Lipinski definition) is 1. The van der Waals surface area contributed by atoms with Crippen molar-refractivity contribution in [1.29, 1.82) is 0 Å². The van der Waals surface area contributed by atoms with Gasteiger partial charge in [0.2, 0.25) is 0 Å². The van der Waals surface area contributed by atoms with Gasteiger partial charge < -0.3 is 5.32 Å². The summed E-state index contributed by atoms with van der Waals surface area (Å²) in [5, 5.41) is 3.70. The van der Waals surface area contributed by atoms with E-state index in [0.29, 0.717) is 17.0 Å². The van der Waals surface area contributed by atoms with Crippen LogP contribution < -0.4 is 5.32 Å². The van der Waals surface area contributed by atoms with Crippen LogP contribution in [0.4, 0.5) is 4.39 Å². The standard InChI is InChI=1S/C16H16BrClFN/c1-10-8-11(6-7-13(10)17)16(20-2)9-12-14(18)4-3-5-15(12)19/h3-8,16,20H,9H2,1-2H3. The highest BCUT2D eigenvalue weighted by Crippen LogP contribution is 2.27. The third-order valence-corrected chi connectivity index (χ3v) is 4.65. The van der Waals surface area contributed by atoms with Crippen molar-refractivity contribution in [3.8, 4) is 0 Å². The van der Waals surface area contributed by atoms with Crippen LogP contribution in [0.3, 0.4) is 0 Å². The largest absolute Gasteiger partial charge is 0.313 e. The number of halogens is 3. The average molecular weight is 357 g/mol. The quantitative estimate of drug-likeness (QED) is 0.808. The van der Waals surface area contributed by atoms with E-state index in [-0.39, 0.29) is 11.9 Å². The molecule has 0 aliphatic carbocycles. The summed E-state index contributed by atoms with van der Waals surface area (Å²) in [6.45, 7) is 2.04. The van der Waals surface area contributed by atoms with Crippen LogP contribution in [0.25, 0.3) is 0 Å². The van der Waals surface area contributed by atoms with Crippen LogP contribution in [0.1, 0.15) is 22.7 Å². The summed E-state index contributed by atoms with van der Waals surface area (Å²) in [6, 6.07) is 11.0. The first-order valence-corrected chi connectivity index (χ1v) is 7.56. The maximum atomic E-state index is 13.9. The Hall–Kier alpha value is -0.900. The number of likely N-dealkylation sites (N-methyl/N-ethyl adjacent to an activating group) is 1. The molecule has 1 unspecified atom stereocenters. The zero-order valence-electron chi connectivity index (χ0n) is 11.4. The zero-order valence-corrected chi connectivity index (χ0v) is 13.7. The molecule has 0 spiro atoms. The maximum Gasteiger partial charge on any atom is 0.127 e. The first kappa shape index (κ1) is 15.5. The lowest BCUT2D eigenvalue weighted by atomic mass is 9.97. The van der Waals surface area contributed by atoms with Gasteiger partial charge in [-0.1, -0.05) is 45.7 Å². The molecule has 0 amide bonds. The van der Waals surface area contributed by atoms with Gasteiger partial charge in [-0.25, -0.2) is 4.39 Å². The van der Waals surface area contributed by atoms with Gasteiger partial charge in [-0.2, -0.15) is 0 Å². The summed E-state index contributed by atoms with van der Waals surface area (Å²) < 4.78 is 15.0. The Morgan fingerprint density at radius 1 is 1.30 bits per heavy atom. The van der Waals surface area contributed by atoms with Gasteiger partial charge in [0.1, 0.15) is 5.82 Å². The SMILES string of the molecule is CNC(Cc1c(F)cccc1Cl)c1ccc(Br)c(C)c1. The Kier molecular flexibility index (Phi) is 5.19. The maximum absolute atomic E-state index is 13.9. The Morgan fingerprint density at radius 3 is 2.65 bits per heavy atom. The first-order chi connectivity index (χ1) is 9.52. The highest BCUT2D eigenvalue weighted by molar-refractivity contribution is 9.10. The third-order valence-electron chi connectivity index (χ3n) is 3.40. The highest BCUT2D eigenvalue weighted by atomic mass is 79.9. The molecule has 0 radical (unpaired) electrons. The predicted molar refractivity (Wildman–Crippen MR) is 85.8 cm³/mol. The van der Waals surface area contributed by atoms with Crippen LogP contribution in [-0.2, 0) is 6.42 Å². The van der Waals surface area contributed by atoms with Crippen LogP contribution in [0.2, 0.25) is 5.02 Å². The monoisotopic (exact) mass is 355 g/mol. The zero-order chi connectivity index (χ0) is 14.7. The molecule has 0 saturated carbocycles. The summed E-state index contributed by atoms with van der Waals surface area (Å²) in [7, 11) is 1.87. The lowest BCUT2D eigenvalue weighted by Crippen LogP contribution is -2.19. The van der Waals surface area contributed by atoms with Gasteiger partial charge >= 0.3 is 0 Å². The van der Waals surface area contributed by atoms with Crippen molar-refractivity contribution in [3.05, 3.63) is 68.4 Å². The fraction of sp³-hybridized carbons (Fsp3) is 0.250. The first-order valence-electron chi connectivity index (χ1n) is 6.39. The lowest BCUT2D eigenvalue weighted by molar-refractivity contribution is 0.554. The minimum atomic E-state index is -0.258. The van der Waals surface area contributed by atoms with E-state index in [0.717, 1.165) is 15.6 Å². The van der Waals surface area contributed by atoms with Gasteiger partial charge in [-0.15, -0.1) is 0 Å². The summed E-state index contributed by atoms with van der Waals surface area (Å²) >= 11 is 9.59. The third kappa shape index (κ3) is 3.40. The van der Waals surface area contributed by atoms with E-state index in [9.17, 15) is 4.39 Å². The normalized spacial score (nSPS) is 12.4. The molecule has 0 aliphatic rings. The Balaban J connectivity index is 2.31. The molecule has 0 bridgehead atoms. The Morgan fingerprint density at radius 2 is 2.05 bits per heavy atom. The number of hydrogen-bond acceptors (Lipinski definition) is 1. The average Bonchev–Trinajstić information content (AvgIpc) is 2.42. The second-order valence-electron chi connectivity index (χ2n) is 4.75. The van der Waals surface area contributed by atoms with E-state index < -0.39 is 0 Å². The lowest BCUT2D eigenvalue weighted by Gasteiger charge is -2.19. The van der Waals surface area contributed by atoms with Gasteiger partial charge in [0.15, 0.2) is 0 Å². The highest BCUT2D eigenvalue weighted by Gasteiger charge is 2.15. The molecule has 20 heavy (non-hydrogen) atoms. The van der Waals surface area contributed by atoms with Crippen molar-refractivity contribution in [2.24, 2.45) is 0 Å². The van der Waals surface area contributed by atoms with Crippen molar-refractivity contribution >= 4 is 27.5 Å². The molecular weight excluding hydrogens is 341 g/mol. The van der Waals surface area contributed by atoms with Gasteiger partial charge in [0, 0.05) is 21.1 Å². The van der Waals surface area contributed by atoms with Crippen molar-refractivity contribution in [1.82, 2.24) is 5.32 Å². The molecule has 2 aromatic carbocycles. The molecule has 106 valence electrons. The molecule has 4 heteroatoms. The van der Waals surface area contributed by atoms with E-state index in [4.69, 9.17) is 11.6 Å². The van der Waals surface area contributed by atoms with Crippen molar-refractivity contribution < 1.29 is 4.39 Å². The van der Waals surface area contributed by atoms with Gasteiger partial charge in [0.05, 0.1) is 0 Å². The molecule has 2 rings (SSSR count). The van der Waals surface area contributed by atoms with Crippen molar-refractivity contribution in [3.63, 3.8) is 0 Å². The number of benzene rings is 2. The minimum Gasteiger partial charge on any atom is -0.313 e. The molecule has 0 aromatic heterocycles. The van der Waals surface area contributed by atoms with Crippen LogP contribution in [0.5, 0.6) is 0 Å². The summed E-state index contributed by atoms with van der Waals surface area (Å²) in [5.41, 5.74) is 2.82. The van der Waals surface area contributed by atoms with Crippen LogP contribution in [-0.4, -0.2) is 7.05 Å². The molecule has 0 fully saturated rings. The molecule has 0 heterocycles. The summed E-state index contributed by atoms with van der Waals surface area (Å²) in [5.74, 6) is -0.258. The predicted octanol–water partition coefficient (Wildman–Crippen LogP) is 5.05. The van der Waals surface area contributed by atoms with Gasteiger partial charge in [0.25, 0.3) is 0 Å². The van der Waals surface area contributed by atoms with Crippen LogP contribution in [0.15, 0.2) is 40.9 Å². The molecular formula is C16H16BrClFN. The number of nitrogens with one attached hydrogen (secondary N) is 1. The van der Waals surface area contributed by atoms with E-state index in [1.54, 1.807) is 12.1 Å². The van der Waals surface area contributed by atoms with E-state index in [1.165, 1.54) is 6.07 Å². The molecule has 1 nitrogen and oxygen atoms in total. The second-order valence-corrected chi connectivity index (χ2v) is 6.02. The number of rotatable bonds is 4. The smallest absolute Gasteiger partial charge is 0.127 e.